The molecule has 0 aromatic heterocycles. The van der Waals surface area contributed by atoms with Gasteiger partial charge in [0, 0.05) is 24.1 Å². The van der Waals surface area contributed by atoms with E-state index in [1.165, 1.54) is 43.3 Å². The molecular formula is C38H30O10. The van der Waals surface area contributed by atoms with Gasteiger partial charge in [-0.15, -0.1) is 0 Å². The summed E-state index contributed by atoms with van der Waals surface area (Å²) in [6, 6.07) is 24.3. The van der Waals surface area contributed by atoms with Crippen LogP contribution in [0.2, 0.25) is 0 Å². The lowest BCUT2D eigenvalue weighted by Gasteiger charge is -2.11. The summed E-state index contributed by atoms with van der Waals surface area (Å²) in [6.07, 6.45) is 2.25. The number of carbonyl (C=O) groups is 5. The van der Waals surface area contributed by atoms with Gasteiger partial charge < -0.3 is 23.7 Å². The molecule has 0 amide bonds. The van der Waals surface area contributed by atoms with Gasteiger partial charge in [0.25, 0.3) is 0 Å². The lowest BCUT2D eigenvalue weighted by molar-refractivity contribution is -0.131. The van der Waals surface area contributed by atoms with Crippen LogP contribution in [0.25, 0.3) is 11.1 Å². The first-order valence-electron chi connectivity index (χ1n) is 14.4. The monoisotopic (exact) mass is 646 g/mol. The molecule has 0 aliphatic carbocycles. The van der Waals surface area contributed by atoms with Crippen LogP contribution in [0.4, 0.5) is 0 Å². The molecule has 0 saturated heterocycles. The first-order chi connectivity index (χ1) is 23.1. The van der Waals surface area contributed by atoms with Crippen LogP contribution in [0.5, 0.6) is 23.0 Å². The number of ether oxygens (including phenoxy) is 5. The van der Waals surface area contributed by atoms with E-state index >= 15 is 0 Å². The van der Waals surface area contributed by atoms with Gasteiger partial charge in [-0.05, 0) is 84.3 Å². The van der Waals surface area contributed by atoms with E-state index in [9.17, 15) is 24.0 Å². The molecule has 0 aliphatic rings. The fourth-order valence-electron chi connectivity index (χ4n) is 4.05. The van der Waals surface area contributed by atoms with Gasteiger partial charge in [-0.2, -0.15) is 0 Å². The molecule has 4 rings (SSSR count). The molecule has 0 heterocycles. The number of carbonyl (C=O) groups excluding carboxylic acids is 5. The Bertz CT molecular complexity index is 1870. The van der Waals surface area contributed by atoms with E-state index in [1.54, 1.807) is 54.6 Å². The van der Waals surface area contributed by atoms with Crippen LogP contribution < -0.4 is 18.9 Å². The van der Waals surface area contributed by atoms with Crippen molar-refractivity contribution in [2.24, 2.45) is 0 Å². The molecule has 0 N–H and O–H groups in total. The van der Waals surface area contributed by atoms with E-state index in [0.29, 0.717) is 23.3 Å². The zero-order valence-corrected chi connectivity index (χ0v) is 25.9. The van der Waals surface area contributed by atoms with Gasteiger partial charge in [0.15, 0.2) is 11.5 Å². The minimum Gasteiger partial charge on any atom is -0.462 e. The Hall–Kier alpha value is -6.55. The minimum absolute atomic E-state index is 0.00995. The van der Waals surface area contributed by atoms with E-state index in [2.05, 4.69) is 19.7 Å². The largest absolute Gasteiger partial charge is 0.462 e. The number of benzene rings is 4. The third-order valence-corrected chi connectivity index (χ3v) is 6.55. The Morgan fingerprint density at radius 1 is 0.604 bits per heavy atom. The third kappa shape index (κ3) is 9.48. The molecule has 0 aliphatic heterocycles. The molecule has 48 heavy (non-hydrogen) atoms. The van der Waals surface area contributed by atoms with Gasteiger partial charge >= 0.3 is 29.8 Å². The van der Waals surface area contributed by atoms with E-state index < -0.39 is 29.8 Å². The van der Waals surface area contributed by atoms with Crippen molar-refractivity contribution in [3.05, 3.63) is 145 Å². The Morgan fingerprint density at radius 2 is 1.10 bits per heavy atom. The molecule has 0 radical (unpaired) electrons. The quantitative estimate of drug-likeness (QED) is 0.0885. The second-order valence-corrected chi connectivity index (χ2v) is 10.1. The Balaban J connectivity index is 1.30. The van der Waals surface area contributed by atoms with Crippen LogP contribution in [0, 0.1) is 0 Å². The van der Waals surface area contributed by atoms with Crippen molar-refractivity contribution < 1.29 is 47.7 Å². The maximum absolute atomic E-state index is 12.7. The highest BCUT2D eigenvalue weighted by atomic mass is 16.6. The molecule has 4 aromatic carbocycles. The van der Waals surface area contributed by atoms with Crippen molar-refractivity contribution in [3.63, 3.8) is 0 Å². The number of esters is 5. The predicted octanol–water partition coefficient (Wildman–Crippen LogP) is 6.64. The van der Waals surface area contributed by atoms with Crippen molar-refractivity contribution in [1.82, 2.24) is 0 Å². The molecule has 242 valence electrons. The van der Waals surface area contributed by atoms with Crippen molar-refractivity contribution >= 4 is 29.8 Å². The molecule has 10 heteroatoms. The summed E-state index contributed by atoms with van der Waals surface area (Å²) in [5.74, 6) is -2.47. The van der Waals surface area contributed by atoms with Crippen LogP contribution in [-0.2, 0) is 25.5 Å². The molecule has 0 saturated carbocycles. The van der Waals surface area contributed by atoms with Crippen molar-refractivity contribution in [1.29, 1.82) is 0 Å². The van der Waals surface area contributed by atoms with E-state index in [0.717, 1.165) is 23.3 Å². The first kappa shape index (κ1) is 34.3. The van der Waals surface area contributed by atoms with Gasteiger partial charge in [0.05, 0.1) is 17.7 Å². The average Bonchev–Trinajstić information content (AvgIpc) is 3.09. The van der Waals surface area contributed by atoms with Crippen LogP contribution in [-0.4, -0.2) is 36.5 Å². The zero-order chi connectivity index (χ0) is 34.6. The standard InChI is InChI=1S/C38H30O10/c1-5-34(39)47-32-20-7-25(23-33(32)48-35(40)6-2)21-22-44-37(42)28-10-8-26(9-11-28)27-12-16-31(17-13-27)46-38(43)29-14-18-30(19-15-29)45-36(41)24(3)4/h5-20,23H,1-3,21-22H2,4H3. The van der Waals surface area contributed by atoms with Gasteiger partial charge in [0.1, 0.15) is 11.5 Å². The van der Waals surface area contributed by atoms with E-state index in [-0.39, 0.29) is 35.0 Å². The van der Waals surface area contributed by atoms with E-state index in [1.807, 2.05) is 0 Å². The highest BCUT2D eigenvalue weighted by Crippen LogP contribution is 2.29. The molecule has 0 spiro atoms. The molecule has 0 bridgehead atoms. The highest BCUT2D eigenvalue weighted by Gasteiger charge is 2.14. The Morgan fingerprint density at radius 3 is 1.69 bits per heavy atom. The topological polar surface area (TPSA) is 132 Å². The smallest absolute Gasteiger partial charge is 0.343 e. The Kier molecular flexibility index (Phi) is 11.5. The summed E-state index contributed by atoms with van der Waals surface area (Å²) < 4.78 is 26.3. The van der Waals surface area contributed by atoms with Crippen LogP contribution in [0.15, 0.2) is 128 Å². The number of rotatable bonds is 13. The second-order valence-electron chi connectivity index (χ2n) is 10.1. The summed E-state index contributed by atoms with van der Waals surface area (Å²) in [5.41, 5.74) is 3.20. The van der Waals surface area contributed by atoms with Gasteiger partial charge in [0.2, 0.25) is 0 Å². The van der Waals surface area contributed by atoms with Crippen LogP contribution in [0.1, 0.15) is 33.2 Å². The van der Waals surface area contributed by atoms with Crippen molar-refractivity contribution in [3.8, 4) is 34.1 Å². The lowest BCUT2D eigenvalue weighted by atomic mass is 10.0. The Labute approximate surface area is 276 Å². The SMILES string of the molecule is C=CC(=O)Oc1ccc(CCOC(=O)c2ccc(-c3ccc(OC(=O)c4ccc(OC(=O)C(=C)C)cc4)cc3)cc2)cc1OC(=O)C=C. The molecule has 4 aromatic rings. The van der Waals surface area contributed by atoms with Crippen LogP contribution in [0.3, 0.4) is 0 Å². The average molecular weight is 647 g/mol. The second kappa shape index (κ2) is 16.1. The maximum atomic E-state index is 12.7. The van der Waals surface area contributed by atoms with Gasteiger partial charge in [-0.25, -0.2) is 24.0 Å². The lowest BCUT2D eigenvalue weighted by Crippen LogP contribution is -2.10. The van der Waals surface area contributed by atoms with Gasteiger partial charge in [-0.3, -0.25) is 0 Å². The minimum atomic E-state index is -0.735. The number of hydrogen-bond acceptors (Lipinski definition) is 10. The fourth-order valence-corrected chi connectivity index (χ4v) is 4.05. The van der Waals surface area contributed by atoms with Crippen molar-refractivity contribution in [2.75, 3.05) is 6.61 Å². The summed E-state index contributed by atoms with van der Waals surface area (Å²) in [6.45, 7) is 11.8. The zero-order valence-electron chi connectivity index (χ0n) is 25.9. The van der Waals surface area contributed by atoms with Crippen LogP contribution >= 0.6 is 0 Å². The number of hydrogen-bond donors (Lipinski definition) is 0. The molecular weight excluding hydrogens is 616 g/mol. The summed E-state index contributed by atoms with van der Waals surface area (Å²) >= 11 is 0. The normalized spacial score (nSPS) is 10.2. The fraction of sp³-hybridized carbons (Fsp3) is 0.0789. The first-order valence-corrected chi connectivity index (χ1v) is 14.4. The molecule has 0 atom stereocenters. The highest BCUT2D eigenvalue weighted by molar-refractivity contribution is 5.92. The molecule has 0 fully saturated rings. The maximum Gasteiger partial charge on any atom is 0.343 e. The summed E-state index contributed by atoms with van der Waals surface area (Å²) in [7, 11) is 0. The summed E-state index contributed by atoms with van der Waals surface area (Å²) in [5, 5.41) is 0. The third-order valence-electron chi connectivity index (χ3n) is 6.55. The predicted molar refractivity (Wildman–Crippen MR) is 176 cm³/mol. The summed E-state index contributed by atoms with van der Waals surface area (Å²) in [4.78, 5) is 60.2. The molecule has 0 unspecified atom stereocenters. The van der Waals surface area contributed by atoms with Crippen molar-refractivity contribution in [2.45, 2.75) is 13.3 Å². The van der Waals surface area contributed by atoms with Gasteiger partial charge in [-0.1, -0.05) is 50.1 Å². The van der Waals surface area contributed by atoms with E-state index in [4.69, 9.17) is 23.7 Å². The molecule has 10 nitrogen and oxygen atoms in total.